The van der Waals surface area contributed by atoms with Crippen LogP contribution < -0.4 is 5.32 Å². The first-order valence-corrected chi connectivity index (χ1v) is 5.90. The fourth-order valence-corrected chi connectivity index (χ4v) is 2.66. The Hall–Kier alpha value is -1.84. The van der Waals surface area contributed by atoms with E-state index in [1.54, 1.807) is 4.90 Å². The van der Waals surface area contributed by atoms with Crippen LogP contribution in [-0.4, -0.2) is 29.8 Å². The largest absolute Gasteiger partial charge is 0.347 e. The molecule has 3 rings (SSSR count). The summed E-state index contributed by atoms with van der Waals surface area (Å²) in [6.45, 7) is 0.843. The lowest BCUT2D eigenvalue weighted by Gasteiger charge is -2.34. The number of rotatable bonds is 0. The van der Waals surface area contributed by atoms with Gasteiger partial charge in [0, 0.05) is 18.2 Å². The number of fused-ring (bicyclic) bond motifs is 2. The number of hydrogen-bond acceptors (Lipinski definition) is 2. The van der Waals surface area contributed by atoms with Gasteiger partial charge in [-0.15, -0.1) is 0 Å². The molecular weight excluding hydrogens is 216 g/mol. The summed E-state index contributed by atoms with van der Waals surface area (Å²) in [5, 5.41) is 2.64. The second-order valence-electron chi connectivity index (χ2n) is 4.54. The minimum Gasteiger partial charge on any atom is -0.347 e. The number of amides is 2. The summed E-state index contributed by atoms with van der Waals surface area (Å²) in [6.07, 6.45) is 9.43. The van der Waals surface area contributed by atoms with Crippen molar-refractivity contribution in [1.29, 1.82) is 0 Å². The van der Waals surface area contributed by atoms with Gasteiger partial charge in [0.2, 0.25) is 11.8 Å². The Kier molecular flexibility index (Phi) is 2.35. The lowest BCUT2D eigenvalue weighted by atomic mass is 9.86. The summed E-state index contributed by atoms with van der Waals surface area (Å²) in [4.78, 5) is 25.3. The Bertz CT molecular complexity index is 474. The molecule has 0 saturated carbocycles. The number of nitrogens with zero attached hydrogens (tertiary/aromatic N) is 1. The SMILES string of the molecule is O=C1CC2=C3C=CC=CC3CCN2C(=O)CN1. The van der Waals surface area contributed by atoms with Crippen LogP contribution >= 0.6 is 0 Å². The fraction of sp³-hybridized carbons (Fsp3) is 0.385. The van der Waals surface area contributed by atoms with Crippen LogP contribution in [0.5, 0.6) is 0 Å². The fourth-order valence-electron chi connectivity index (χ4n) is 2.66. The van der Waals surface area contributed by atoms with E-state index >= 15 is 0 Å². The Labute approximate surface area is 99.7 Å². The molecule has 1 saturated heterocycles. The summed E-state index contributed by atoms with van der Waals surface area (Å²) in [6, 6.07) is 0. The molecule has 3 aliphatic rings. The van der Waals surface area contributed by atoms with Crippen LogP contribution in [0.4, 0.5) is 0 Å². The third-order valence-electron chi connectivity index (χ3n) is 3.52. The van der Waals surface area contributed by atoms with Gasteiger partial charge in [-0.3, -0.25) is 9.59 Å². The van der Waals surface area contributed by atoms with Gasteiger partial charge in [-0.2, -0.15) is 0 Å². The molecule has 17 heavy (non-hydrogen) atoms. The summed E-state index contributed by atoms with van der Waals surface area (Å²) < 4.78 is 0. The number of carbonyl (C=O) groups is 2. The highest BCUT2D eigenvalue weighted by molar-refractivity contribution is 5.90. The van der Waals surface area contributed by atoms with Gasteiger partial charge in [-0.05, 0) is 12.0 Å². The van der Waals surface area contributed by atoms with Crippen molar-refractivity contribution in [2.75, 3.05) is 13.1 Å². The van der Waals surface area contributed by atoms with Crippen LogP contribution in [-0.2, 0) is 9.59 Å². The first kappa shape index (κ1) is 10.3. The van der Waals surface area contributed by atoms with Crippen LogP contribution in [0, 0.1) is 5.92 Å². The summed E-state index contributed by atoms with van der Waals surface area (Å²) in [5.74, 6) is 0.302. The minimum atomic E-state index is -0.0630. The van der Waals surface area contributed by atoms with Gasteiger partial charge < -0.3 is 10.2 Å². The Balaban J connectivity index is 2.07. The third kappa shape index (κ3) is 1.69. The van der Waals surface area contributed by atoms with Gasteiger partial charge in [0.1, 0.15) is 0 Å². The monoisotopic (exact) mass is 230 g/mol. The van der Waals surface area contributed by atoms with Crippen molar-refractivity contribution in [1.82, 2.24) is 10.2 Å². The van der Waals surface area contributed by atoms with Crippen molar-refractivity contribution in [3.8, 4) is 0 Å². The standard InChI is InChI=1S/C13H14N2O2/c16-12-7-11-10-4-2-1-3-9(10)5-6-15(11)13(17)8-14-12/h1-4,9H,5-8H2,(H,14,16). The van der Waals surface area contributed by atoms with Crippen LogP contribution in [0.3, 0.4) is 0 Å². The molecule has 2 aliphatic heterocycles. The summed E-state index contributed by atoms with van der Waals surface area (Å²) in [7, 11) is 0. The molecule has 0 bridgehead atoms. The maximum atomic E-state index is 11.9. The van der Waals surface area contributed by atoms with Gasteiger partial charge in [0.25, 0.3) is 0 Å². The lowest BCUT2D eigenvalue weighted by molar-refractivity contribution is -0.129. The molecule has 0 aromatic heterocycles. The Morgan fingerprint density at radius 2 is 2.18 bits per heavy atom. The van der Waals surface area contributed by atoms with Crippen molar-refractivity contribution >= 4 is 11.8 Å². The third-order valence-corrected chi connectivity index (χ3v) is 3.52. The maximum absolute atomic E-state index is 11.9. The topological polar surface area (TPSA) is 49.4 Å². The molecule has 88 valence electrons. The van der Waals surface area contributed by atoms with E-state index in [0.717, 1.165) is 24.2 Å². The van der Waals surface area contributed by atoms with Crippen LogP contribution in [0.1, 0.15) is 12.8 Å². The molecule has 4 heteroatoms. The predicted octanol–water partition coefficient (Wildman–Crippen LogP) is 0.735. The van der Waals surface area contributed by atoms with Gasteiger partial charge in [-0.1, -0.05) is 24.3 Å². The highest BCUT2D eigenvalue weighted by Gasteiger charge is 2.32. The molecule has 0 spiro atoms. The van der Waals surface area contributed by atoms with E-state index in [1.807, 2.05) is 18.2 Å². The average Bonchev–Trinajstić information content (AvgIpc) is 2.50. The Morgan fingerprint density at radius 1 is 1.29 bits per heavy atom. The zero-order valence-electron chi connectivity index (χ0n) is 9.48. The first-order valence-electron chi connectivity index (χ1n) is 5.90. The molecule has 2 heterocycles. The highest BCUT2D eigenvalue weighted by Crippen LogP contribution is 2.34. The van der Waals surface area contributed by atoms with E-state index in [2.05, 4.69) is 11.4 Å². The van der Waals surface area contributed by atoms with Crippen molar-refractivity contribution in [2.45, 2.75) is 12.8 Å². The van der Waals surface area contributed by atoms with Gasteiger partial charge >= 0.3 is 0 Å². The zero-order valence-corrected chi connectivity index (χ0v) is 9.48. The normalized spacial score (nSPS) is 27.5. The van der Waals surface area contributed by atoms with E-state index in [1.165, 1.54) is 0 Å². The zero-order chi connectivity index (χ0) is 11.8. The Morgan fingerprint density at radius 3 is 3.06 bits per heavy atom. The van der Waals surface area contributed by atoms with Crippen LogP contribution in [0.25, 0.3) is 0 Å². The smallest absolute Gasteiger partial charge is 0.246 e. The van der Waals surface area contributed by atoms with E-state index in [9.17, 15) is 9.59 Å². The van der Waals surface area contributed by atoms with E-state index in [4.69, 9.17) is 0 Å². The van der Waals surface area contributed by atoms with Crippen molar-refractivity contribution in [2.24, 2.45) is 5.92 Å². The van der Waals surface area contributed by atoms with Crippen LogP contribution in [0.15, 0.2) is 35.6 Å². The van der Waals surface area contributed by atoms with Crippen molar-refractivity contribution < 1.29 is 9.59 Å². The van der Waals surface area contributed by atoms with E-state index in [0.29, 0.717) is 12.3 Å². The van der Waals surface area contributed by atoms with E-state index in [-0.39, 0.29) is 18.4 Å². The van der Waals surface area contributed by atoms with Crippen molar-refractivity contribution in [3.63, 3.8) is 0 Å². The summed E-state index contributed by atoms with van der Waals surface area (Å²) >= 11 is 0. The minimum absolute atomic E-state index is 0.000229. The molecule has 4 nitrogen and oxygen atoms in total. The average molecular weight is 230 g/mol. The predicted molar refractivity (Wildman–Crippen MR) is 62.8 cm³/mol. The van der Waals surface area contributed by atoms with Gasteiger partial charge in [0.15, 0.2) is 0 Å². The molecule has 1 aliphatic carbocycles. The molecule has 1 fully saturated rings. The quantitative estimate of drug-likeness (QED) is 0.667. The molecule has 0 radical (unpaired) electrons. The number of nitrogens with one attached hydrogen (secondary N) is 1. The molecule has 0 aromatic carbocycles. The molecular formula is C13H14N2O2. The molecule has 1 N–H and O–H groups in total. The maximum Gasteiger partial charge on any atom is 0.246 e. The highest BCUT2D eigenvalue weighted by atomic mass is 16.2. The van der Waals surface area contributed by atoms with Crippen LogP contribution in [0.2, 0.25) is 0 Å². The van der Waals surface area contributed by atoms with E-state index < -0.39 is 0 Å². The second kappa shape index (κ2) is 3.87. The summed E-state index contributed by atoms with van der Waals surface area (Å²) in [5.41, 5.74) is 2.02. The van der Waals surface area contributed by atoms with Crippen molar-refractivity contribution in [3.05, 3.63) is 35.6 Å². The molecule has 0 aromatic rings. The molecule has 2 amide bonds. The molecule has 1 atom stereocenters. The number of hydrogen-bond donors (Lipinski definition) is 1. The lowest BCUT2D eigenvalue weighted by Crippen LogP contribution is -2.38. The van der Waals surface area contributed by atoms with Gasteiger partial charge in [-0.25, -0.2) is 0 Å². The first-order chi connectivity index (χ1) is 8.25. The second-order valence-corrected chi connectivity index (χ2v) is 4.54. The number of allylic oxidation sites excluding steroid dienone is 5. The van der Waals surface area contributed by atoms with Gasteiger partial charge in [0.05, 0.1) is 13.0 Å². The molecule has 1 unspecified atom stereocenters. The number of carbonyl (C=O) groups excluding carboxylic acids is 2.